The first-order valence-corrected chi connectivity index (χ1v) is 10.3. The molecule has 2 heterocycles. The number of nitrogens with one attached hydrogen (secondary N) is 1. The summed E-state index contributed by atoms with van der Waals surface area (Å²) in [5.74, 6) is 0.466. The van der Waals surface area contributed by atoms with E-state index < -0.39 is 9.84 Å². The summed E-state index contributed by atoms with van der Waals surface area (Å²) >= 11 is 1.39. The topological polar surface area (TPSA) is 107 Å². The number of hydrogen-bond donors (Lipinski definition) is 1. The van der Waals surface area contributed by atoms with Crippen LogP contribution in [0.5, 0.6) is 0 Å². The second kappa shape index (κ2) is 6.89. The fourth-order valence-corrected chi connectivity index (χ4v) is 5.99. The van der Waals surface area contributed by atoms with Crippen molar-refractivity contribution in [3.05, 3.63) is 30.1 Å². The maximum Gasteiger partial charge on any atom is 0.234 e. The molecule has 128 valence electrons. The molecule has 1 N–H and O–H groups in total. The van der Waals surface area contributed by atoms with E-state index in [1.165, 1.54) is 22.8 Å². The molecule has 1 amide bonds. The molecule has 1 fully saturated rings. The number of thioether (sulfide) groups is 1. The lowest BCUT2D eigenvalue weighted by Gasteiger charge is -2.12. The number of hydrogen-bond acceptors (Lipinski definition) is 7. The highest BCUT2D eigenvalue weighted by molar-refractivity contribution is 8.02. The van der Waals surface area contributed by atoms with Crippen LogP contribution in [-0.4, -0.2) is 57.0 Å². The number of carbonyl (C=O) groups excluding carboxylic acids is 1. The zero-order chi connectivity index (χ0) is 17.2. The van der Waals surface area contributed by atoms with Crippen LogP contribution in [0.4, 0.5) is 5.69 Å². The van der Waals surface area contributed by atoms with Crippen molar-refractivity contribution in [2.45, 2.75) is 18.6 Å². The average molecular weight is 367 g/mol. The van der Waals surface area contributed by atoms with Gasteiger partial charge >= 0.3 is 0 Å². The number of rotatable bonds is 5. The summed E-state index contributed by atoms with van der Waals surface area (Å²) in [6, 6.07) is 5.49. The summed E-state index contributed by atoms with van der Waals surface area (Å²) in [7, 11) is -2.91. The minimum absolute atomic E-state index is 0.00871. The van der Waals surface area contributed by atoms with Crippen molar-refractivity contribution >= 4 is 33.2 Å². The zero-order valence-electron chi connectivity index (χ0n) is 13.0. The van der Waals surface area contributed by atoms with E-state index >= 15 is 0 Å². The number of sulfone groups is 1. The minimum atomic E-state index is -2.91. The fraction of sp³-hybridized carbons (Fsp3) is 0.429. The van der Waals surface area contributed by atoms with Crippen molar-refractivity contribution in [3.63, 3.8) is 0 Å². The van der Waals surface area contributed by atoms with E-state index in [1.807, 2.05) is 25.1 Å². The number of amides is 1. The molecule has 0 saturated carbocycles. The zero-order valence-corrected chi connectivity index (χ0v) is 14.7. The largest absolute Gasteiger partial charge is 0.325 e. The number of nitrogens with zero attached hydrogens (tertiary/aromatic N) is 4. The molecule has 8 nitrogen and oxygen atoms in total. The molecule has 0 bridgehead atoms. The number of anilines is 1. The number of tetrazole rings is 1. The van der Waals surface area contributed by atoms with Gasteiger partial charge in [0.15, 0.2) is 9.84 Å². The molecule has 0 aliphatic carbocycles. The summed E-state index contributed by atoms with van der Waals surface area (Å²) in [4.78, 5) is 12.2. The molecule has 2 aromatic rings. The quantitative estimate of drug-likeness (QED) is 0.834. The Hall–Kier alpha value is -1.94. The third-order valence-electron chi connectivity index (χ3n) is 3.82. The lowest BCUT2D eigenvalue weighted by atomic mass is 10.1. The van der Waals surface area contributed by atoms with Crippen molar-refractivity contribution in [1.82, 2.24) is 20.2 Å². The van der Waals surface area contributed by atoms with Crippen LogP contribution in [0.3, 0.4) is 0 Å². The summed E-state index contributed by atoms with van der Waals surface area (Å²) < 4.78 is 24.4. The molecule has 0 unspecified atom stereocenters. The van der Waals surface area contributed by atoms with Gasteiger partial charge in [-0.1, -0.05) is 6.07 Å². The summed E-state index contributed by atoms with van der Waals surface area (Å²) in [6.07, 6.45) is 2.11. The fourth-order valence-electron chi connectivity index (χ4n) is 2.55. The van der Waals surface area contributed by atoms with Crippen LogP contribution in [-0.2, 0) is 14.6 Å². The van der Waals surface area contributed by atoms with E-state index in [2.05, 4.69) is 20.8 Å². The van der Waals surface area contributed by atoms with Gasteiger partial charge in [0, 0.05) is 10.9 Å². The molecule has 24 heavy (non-hydrogen) atoms. The molecule has 1 aliphatic rings. The third kappa shape index (κ3) is 3.93. The second-order valence-electron chi connectivity index (χ2n) is 5.59. The van der Waals surface area contributed by atoms with Gasteiger partial charge in [-0.05, 0) is 41.5 Å². The van der Waals surface area contributed by atoms with Crippen molar-refractivity contribution in [2.75, 3.05) is 22.6 Å². The maximum absolute atomic E-state index is 12.2. The Morgan fingerprint density at radius 2 is 2.29 bits per heavy atom. The van der Waals surface area contributed by atoms with E-state index in [-0.39, 0.29) is 28.4 Å². The molecule has 3 rings (SSSR count). The van der Waals surface area contributed by atoms with Crippen LogP contribution in [0.25, 0.3) is 5.69 Å². The molecule has 1 aromatic carbocycles. The molecule has 0 radical (unpaired) electrons. The van der Waals surface area contributed by atoms with Crippen molar-refractivity contribution < 1.29 is 13.2 Å². The predicted molar refractivity (Wildman–Crippen MR) is 92.0 cm³/mol. The van der Waals surface area contributed by atoms with Gasteiger partial charge in [0.25, 0.3) is 0 Å². The molecule has 0 spiro atoms. The molecular weight excluding hydrogens is 350 g/mol. The maximum atomic E-state index is 12.2. The molecule has 1 atom stereocenters. The Labute approximate surface area is 143 Å². The van der Waals surface area contributed by atoms with Gasteiger partial charge < -0.3 is 5.32 Å². The van der Waals surface area contributed by atoms with E-state index in [4.69, 9.17) is 0 Å². The Balaban J connectivity index is 1.62. The first-order chi connectivity index (χ1) is 11.4. The SMILES string of the molecule is Cc1c(NC(=O)CS[C@@H]2CCS(=O)(=O)C2)cccc1-n1cnnn1. The molecule has 1 aliphatic heterocycles. The van der Waals surface area contributed by atoms with Crippen LogP contribution < -0.4 is 5.32 Å². The highest BCUT2D eigenvalue weighted by Crippen LogP contribution is 2.25. The molecule has 1 saturated heterocycles. The highest BCUT2D eigenvalue weighted by atomic mass is 32.2. The van der Waals surface area contributed by atoms with Crippen molar-refractivity contribution in [3.8, 4) is 5.69 Å². The first kappa shape index (κ1) is 16.9. The van der Waals surface area contributed by atoms with Gasteiger partial charge in [-0.2, -0.15) is 0 Å². The van der Waals surface area contributed by atoms with Crippen LogP contribution >= 0.6 is 11.8 Å². The summed E-state index contributed by atoms with van der Waals surface area (Å²) in [5.41, 5.74) is 2.33. The van der Waals surface area contributed by atoms with Gasteiger partial charge in [0.05, 0.1) is 22.9 Å². The van der Waals surface area contributed by atoms with Gasteiger partial charge in [0.1, 0.15) is 6.33 Å². The first-order valence-electron chi connectivity index (χ1n) is 7.39. The predicted octanol–water partition coefficient (Wildman–Crippen LogP) is 0.830. The minimum Gasteiger partial charge on any atom is -0.325 e. The Morgan fingerprint density at radius 3 is 2.96 bits per heavy atom. The van der Waals surface area contributed by atoms with Crippen LogP contribution in [0, 0.1) is 6.92 Å². The normalized spacial score (nSPS) is 19.3. The number of benzene rings is 1. The Kier molecular flexibility index (Phi) is 4.86. The van der Waals surface area contributed by atoms with Crippen LogP contribution in [0.2, 0.25) is 0 Å². The Bertz CT molecular complexity index is 836. The van der Waals surface area contributed by atoms with E-state index in [9.17, 15) is 13.2 Å². The van der Waals surface area contributed by atoms with Crippen LogP contribution in [0.1, 0.15) is 12.0 Å². The number of aromatic nitrogens is 4. The lowest BCUT2D eigenvalue weighted by Crippen LogP contribution is -2.18. The van der Waals surface area contributed by atoms with Crippen LogP contribution in [0.15, 0.2) is 24.5 Å². The smallest absolute Gasteiger partial charge is 0.234 e. The lowest BCUT2D eigenvalue weighted by molar-refractivity contribution is -0.113. The van der Waals surface area contributed by atoms with Gasteiger partial charge in [0.2, 0.25) is 5.91 Å². The molecule has 10 heteroatoms. The monoisotopic (exact) mass is 367 g/mol. The van der Waals surface area contributed by atoms with E-state index in [0.717, 1.165) is 11.3 Å². The standard InChI is InChI=1S/C14H17N5O3S2/c1-10-12(3-2-4-13(10)19-9-15-17-18-19)16-14(20)7-23-11-5-6-24(21,22)8-11/h2-4,9,11H,5-8H2,1H3,(H,16,20)/t11-/m1/s1. The third-order valence-corrected chi connectivity index (χ3v) is 7.10. The van der Waals surface area contributed by atoms with Gasteiger partial charge in [-0.15, -0.1) is 16.9 Å². The van der Waals surface area contributed by atoms with Crippen molar-refractivity contribution in [2.24, 2.45) is 0 Å². The summed E-state index contributed by atoms with van der Waals surface area (Å²) in [6.45, 7) is 1.88. The Morgan fingerprint density at radius 1 is 1.46 bits per heavy atom. The summed E-state index contributed by atoms with van der Waals surface area (Å²) in [5, 5.41) is 13.9. The van der Waals surface area contributed by atoms with Crippen molar-refractivity contribution in [1.29, 1.82) is 0 Å². The average Bonchev–Trinajstić information content (AvgIpc) is 3.17. The van der Waals surface area contributed by atoms with E-state index in [0.29, 0.717) is 12.1 Å². The highest BCUT2D eigenvalue weighted by Gasteiger charge is 2.28. The van der Waals surface area contributed by atoms with E-state index in [1.54, 1.807) is 0 Å². The van der Waals surface area contributed by atoms with Gasteiger partial charge in [-0.25, -0.2) is 13.1 Å². The van der Waals surface area contributed by atoms with Gasteiger partial charge in [-0.3, -0.25) is 4.79 Å². The molecular formula is C14H17N5O3S2. The number of carbonyl (C=O) groups is 1. The molecule has 1 aromatic heterocycles. The second-order valence-corrected chi connectivity index (χ2v) is 9.11.